The van der Waals surface area contributed by atoms with Crippen molar-refractivity contribution in [2.45, 2.75) is 31.8 Å². The number of carbonyl (C=O) groups excluding carboxylic acids is 1. The SMILES string of the molecule is CC1CC(NC(=O)c2cc(-c3ccc(F)cc3)n[nH]2)CCN1.Cl. The van der Waals surface area contributed by atoms with Gasteiger partial charge in [0.1, 0.15) is 11.5 Å². The lowest BCUT2D eigenvalue weighted by Crippen LogP contribution is -2.46. The predicted octanol–water partition coefficient (Wildman–Crippen LogP) is 2.51. The number of benzene rings is 1. The van der Waals surface area contributed by atoms with Crippen LogP contribution in [0.25, 0.3) is 11.3 Å². The summed E-state index contributed by atoms with van der Waals surface area (Å²) in [4.78, 5) is 12.3. The monoisotopic (exact) mass is 338 g/mol. The molecule has 2 unspecified atom stereocenters. The number of carbonyl (C=O) groups is 1. The van der Waals surface area contributed by atoms with Gasteiger partial charge in [-0.2, -0.15) is 5.10 Å². The number of nitrogens with one attached hydrogen (secondary N) is 3. The Labute approximate surface area is 140 Å². The molecule has 1 saturated heterocycles. The predicted molar refractivity (Wildman–Crippen MR) is 89.2 cm³/mol. The van der Waals surface area contributed by atoms with Crippen LogP contribution < -0.4 is 10.6 Å². The van der Waals surface area contributed by atoms with E-state index < -0.39 is 0 Å². The molecule has 124 valence electrons. The molecule has 7 heteroatoms. The molecule has 1 aromatic heterocycles. The zero-order valence-electron chi connectivity index (χ0n) is 12.8. The Bertz CT molecular complexity index is 658. The highest BCUT2D eigenvalue weighted by molar-refractivity contribution is 5.93. The number of nitrogens with zero attached hydrogens (tertiary/aromatic N) is 1. The summed E-state index contributed by atoms with van der Waals surface area (Å²) in [5, 5.41) is 13.3. The molecule has 2 atom stereocenters. The van der Waals surface area contributed by atoms with Crippen molar-refractivity contribution in [3.63, 3.8) is 0 Å². The fourth-order valence-electron chi connectivity index (χ4n) is 2.73. The maximum absolute atomic E-state index is 12.9. The topological polar surface area (TPSA) is 69.8 Å². The molecule has 1 fully saturated rings. The molecule has 1 aliphatic heterocycles. The highest BCUT2D eigenvalue weighted by Crippen LogP contribution is 2.18. The largest absolute Gasteiger partial charge is 0.348 e. The highest BCUT2D eigenvalue weighted by Gasteiger charge is 2.21. The number of hydrogen-bond donors (Lipinski definition) is 3. The fraction of sp³-hybridized carbons (Fsp3) is 0.375. The fourth-order valence-corrected chi connectivity index (χ4v) is 2.73. The van der Waals surface area contributed by atoms with Crippen molar-refractivity contribution in [1.29, 1.82) is 0 Å². The van der Waals surface area contributed by atoms with Crippen LogP contribution in [-0.2, 0) is 0 Å². The Morgan fingerprint density at radius 3 is 2.78 bits per heavy atom. The first kappa shape index (κ1) is 17.4. The third-order valence-corrected chi connectivity index (χ3v) is 3.92. The van der Waals surface area contributed by atoms with E-state index in [1.54, 1.807) is 18.2 Å². The third-order valence-electron chi connectivity index (χ3n) is 3.92. The molecule has 1 amide bonds. The number of rotatable bonds is 3. The second-order valence-electron chi connectivity index (χ2n) is 5.72. The van der Waals surface area contributed by atoms with Crippen LogP contribution in [-0.4, -0.2) is 34.7 Å². The first-order valence-corrected chi connectivity index (χ1v) is 7.47. The second-order valence-corrected chi connectivity index (χ2v) is 5.72. The van der Waals surface area contributed by atoms with Crippen molar-refractivity contribution in [1.82, 2.24) is 20.8 Å². The van der Waals surface area contributed by atoms with Gasteiger partial charge in [0.2, 0.25) is 0 Å². The summed E-state index contributed by atoms with van der Waals surface area (Å²) >= 11 is 0. The lowest BCUT2D eigenvalue weighted by molar-refractivity contribution is 0.0920. The van der Waals surface area contributed by atoms with Gasteiger partial charge >= 0.3 is 0 Å². The molecule has 0 aliphatic carbocycles. The first-order chi connectivity index (χ1) is 10.6. The molecule has 2 heterocycles. The van der Waals surface area contributed by atoms with Gasteiger partial charge in [-0.15, -0.1) is 12.4 Å². The quantitative estimate of drug-likeness (QED) is 0.805. The van der Waals surface area contributed by atoms with Crippen molar-refractivity contribution in [3.05, 3.63) is 41.8 Å². The molecule has 0 saturated carbocycles. The van der Waals surface area contributed by atoms with Crippen molar-refractivity contribution >= 4 is 18.3 Å². The summed E-state index contributed by atoms with van der Waals surface area (Å²) in [6.07, 6.45) is 1.85. The first-order valence-electron chi connectivity index (χ1n) is 7.47. The Morgan fingerprint density at radius 1 is 1.35 bits per heavy atom. The number of amides is 1. The van der Waals surface area contributed by atoms with E-state index in [1.165, 1.54) is 12.1 Å². The van der Waals surface area contributed by atoms with Crippen LogP contribution in [0.2, 0.25) is 0 Å². The number of H-pyrrole nitrogens is 1. The van der Waals surface area contributed by atoms with Crippen molar-refractivity contribution in [2.75, 3.05) is 6.54 Å². The van der Waals surface area contributed by atoms with Gasteiger partial charge in [0, 0.05) is 17.6 Å². The molecule has 5 nitrogen and oxygen atoms in total. The molecule has 23 heavy (non-hydrogen) atoms. The van der Waals surface area contributed by atoms with Crippen LogP contribution in [0.15, 0.2) is 30.3 Å². The Morgan fingerprint density at radius 2 is 2.09 bits per heavy atom. The Hall–Kier alpha value is -1.92. The maximum Gasteiger partial charge on any atom is 0.269 e. The van der Waals surface area contributed by atoms with E-state index in [-0.39, 0.29) is 30.2 Å². The molecule has 1 aliphatic rings. The summed E-state index contributed by atoms with van der Waals surface area (Å²) in [6.45, 7) is 3.02. The number of halogens is 2. The van der Waals surface area contributed by atoms with Gasteiger partial charge in [-0.25, -0.2) is 4.39 Å². The molecule has 2 aromatic rings. The summed E-state index contributed by atoms with van der Waals surface area (Å²) in [5.74, 6) is -0.447. The van der Waals surface area contributed by atoms with Crippen LogP contribution in [0, 0.1) is 5.82 Å². The van der Waals surface area contributed by atoms with E-state index in [2.05, 4.69) is 27.8 Å². The van der Waals surface area contributed by atoms with Gasteiger partial charge < -0.3 is 10.6 Å². The third kappa shape index (κ3) is 4.30. The number of aromatic nitrogens is 2. The van der Waals surface area contributed by atoms with Gasteiger partial charge in [0.05, 0.1) is 5.69 Å². The highest BCUT2D eigenvalue weighted by atomic mass is 35.5. The molecule has 0 bridgehead atoms. The summed E-state index contributed by atoms with van der Waals surface area (Å²) in [7, 11) is 0. The molecule has 0 radical (unpaired) electrons. The van der Waals surface area contributed by atoms with Gasteiger partial charge in [0.25, 0.3) is 5.91 Å². The van der Waals surface area contributed by atoms with Gasteiger partial charge in [-0.05, 0) is 56.6 Å². The van der Waals surface area contributed by atoms with Crippen molar-refractivity contribution in [2.24, 2.45) is 0 Å². The van der Waals surface area contributed by atoms with Crippen molar-refractivity contribution < 1.29 is 9.18 Å². The Kier molecular flexibility index (Phi) is 5.74. The Balaban J connectivity index is 0.00000192. The van der Waals surface area contributed by atoms with E-state index in [0.29, 0.717) is 17.4 Å². The van der Waals surface area contributed by atoms with E-state index in [9.17, 15) is 9.18 Å². The van der Waals surface area contributed by atoms with Crippen LogP contribution in [0.4, 0.5) is 4.39 Å². The molecule has 3 rings (SSSR count). The zero-order chi connectivity index (χ0) is 15.5. The van der Waals surface area contributed by atoms with Crippen LogP contribution in [0.5, 0.6) is 0 Å². The van der Waals surface area contributed by atoms with Crippen LogP contribution in [0.1, 0.15) is 30.3 Å². The second kappa shape index (κ2) is 7.57. The molecule has 0 spiro atoms. The van der Waals surface area contributed by atoms with Gasteiger partial charge in [0.15, 0.2) is 0 Å². The molecule has 3 N–H and O–H groups in total. The minimum atomic E-state index is -0.294. The van der Waals surface area contributed by atoms with Crippen LogP contribution in [0.3, 0.4) is 0 Å². The van der Waals surface area contributed by atoms with Gasteiger partial charge in [-0.1, -0.05) is 0 Å². The van der Waals surface area contributed by atoms with E-state index in [1.807, 2.05) is 0 Å². The molecular weight excluding hydrogens is 319 g/mol. The standard InChI is InChI=1S/C16H19FN4O.ClH/c1-10-8-13(6-7-18-10)19-16(22)15-9-14(20-21-15)11-2-4-12(17)5-3-11;/h2-5,9-10,13,18H,6-8H2,1H3,(H,19,22)(H,20,21);1H. The van der Waals surface area contributed by atoms with E-state index >= 15 is 0 Å². The number of piperidine rings is 1. The summed E-state index contributed by atoms with van der Waals surface area (Å²) in [6, 6.07) is 8.31. The average Bonchev–Trinajstić information content (AvgIpc) is 2.98. The maximum atomic E-state index is 12.9. The van der Waals surface area contributed by atoms with E-state index in [4.69, 9.17) is 0 Å². The lowest BCUT2D eigenvalue weighted by atomic mass is 10.0. The van der Waals surface area contributed by atoms with E-state index in [0.717, 1.165) is 24.9 Å². The van der Waals surface area contributed by atoms with Crippen molar-refractivity contribution in [3.8, 4) is 11.3 Å². The lowest BCUT2D eigenvalue weighted by Gasteiger charge is -2.28. The normalized spacial score (nSPS) is 20.6. The molecule has 1 aromatic carbocycles. The smallest absolute Gasteiger partial charge is 0.269 e. The zero-order valence-corrected chi connectivity index (χ0v) is 13.6. The minimum absolute atomic E-state index is 0. The molecular formula is C16H20ClFN4O. The van der Waals surface area contributed by atoms with Crippen LogP contribution >= 0.6 is 12.4 Å². The van der Waals surface area contributed by atoms with Gasteiger partial charge in [-0.3, -0.25) is 9.89 Å². The minimum Gasteiger partial charge on any atom is -0.348 e. The number of aromatic amines is 1. The number of hydrogen-bond acceptors (Lipinski definition) is 3. The summed E-state index contributed by atoms with van der Waals surface area (Å²) < 4.78 is 12.9. The average molecular weight is 339 g/mol. The summed E-state index contributed by atoms with van der Waals surface area (Å²) in [5.41, 5.74) is 1.82.